The Hall–Kier alpha value is -0.750. The van der Waals surface area contributed by atoms with Gasteiger partial charge in [0.05, 0.1) is 11.0 Å². The number of hydrogen-bond donors (Lipinski definition) is 1. The van der Waals surface area contributed by atoms with Crippen LogP contribution in [0.3, 0.4) is 0 Å². The molecule has 0 aliphatic carbocycles. The first-order valence-electron chi connectivity index (χ1n) is 6.84. The minimum Gasteiger partial charge on any atom is -0.377 e. The van der Waals surface area contributed by atoms with Gasteiger partial charge in [-0.25, -0.2) is 4.98 Å². The van der Waals surface area contributed by atoms with Crippen molar-refractivity contribution in [2.45, 2.75) is 25.5 Å². The summed E-state index contributed by atoms with van der Waals surface area (Å²) in [5, 5.41) is 4.56. The summed E-state index contributed by atoms with van der Waals surface area (Å²) in [5.74, 6) is 0. The Morgan fingerprint density at radius 2 is 2.20 bits per heavy atom. The molecule has 2 aromatic rings. The van der Waals surface area contributed by atoms with Crippen molar-refractivity contribution in [3.8, 4) is 10.4 Å². The molecule has 1 aliphatic heterocycles. The molecule has 5 heteroatoms. The van der Waals surface area contributed by atoms with Gasteiger partial charge in [0.25, 0.3) is 0 Å². The highest BCUT2D eigenvalue weighted by Crippen LogP contribution is 2.27. The van der Waals surface area contributed by atoms with Crippen LogP contribution in [-0.2, 0) is 11.3 Å². The minimum atomic E-state index is 0.390. The van der Waals surface area contributed by atoms with Crippen LogP contribution in [0.1, 0.15) is 17.8 Å². The topological polar surface area (TPSA) is 34.2 Å². The van der Waals surface area contributed by atoms with Gasteiger partial charge in [0.2, 0.25) is 0 Å². The smallest absolute Gasteiger partial charge is 0.107 e. The van der Waals surface area contributed by atoms with Crippen molar-refractivity contribution in [2.75, 3.05) is 13.2 Å². The van der Waals surface area contributed by atoms with Gasteiger partial charge in [0, 0.05) is 30.4 Å². The fourth-order valence-electron chi connectivity index (χ4n) is 2.29. The lowest BCUT2D eigenvalue weighted by Crippen LogP contribution is -2.25. The van der Waals surface area contributed by atoms with Crippen LogP contribution in [0.25, 0.3) is 10.4 Å². The lowest BCUT2D eigenvalue weighted by molar-refractivity contribution is 0.110. The van der Waals surface area contributed by atoms with Gasteiger partial charge in [-0.15, -0.1) is 11.3 Å². The number of nitrogens with one attached hydrogen (secondary N) is 1. The number of aromatic nitrogens is 1. The largest absolute Gasteiger partial charge is 0.377 e. The minimum absolute atomic E-state index is 0.390. The van der Waals surface area contributed by atoms with Crippen LogP contribution in [0.15, 0.2) is 34.9 Å². The molecule has 0 spiro atoms. The molecule has 3 nitrogen and oxygen atoms in total. The van der Waals surface area contributed by atoms with Crippen LogP contribution in [0.2, 0.25) is 0 Å². The van der Waals surface area contributed by atoms with E-state index in [1.54, 1.807) is 11.3 Å². The Morgan fingerprint density at radius 3 is 2.95 bits per heavy atom. The third-order valence-electron chi connectivity index (χ3n) is 3.35. The maximum absolute atomic E-state index is 5.59. The van der Waals surface area contributed by atoms with Gasteiger partial charge in [-0.3, -0.25) is 0 Å². The van der Waals surface area contributed by atoms with E-state index in [9.17, 15) is 0 Å². The fourth-order valence-corrected chi connectivity index (χ4v) is 3.44. The first kappa shape index (κ1) is 14.2. The lowest BCUT2D eigenvalue weighted by atomic mass is 10.2. The van der Waals surface area contributed by atoms with Crippen molar-refractivity contribution in [1.29, 1.82) is 0 Å². The zero-order chi connectivity index (χ0) is 13.8. The Labute approximate surface area is 131 Å². The molecule has 106 valence electrons. The van der Waals surface area contributed by atoms with Gasteiger partial charge in [-0.1, -0.05) is 28.1 Å². The Balaban J connectivity index is 1.55. The summed E-state index contributed by atoms with van der Waals surface area (Å²) < 4.78 is 6.69. The predicted molar refractivity (Wildman–Crippen MR) is 85.9 cm³/mol. The molecule has 2 heterocycles. The van der Waals surface area contributed by atoms with E-state index in [0.717, 1.165) is 29.2 Å². The van der Waals surface area contributed by atoms with Gasteiger partial charge in [-0.05, 0) is 30.5 Å². The summed E-state index contributed by atoms with van der Waals surface area (Å²) in [4.78, 5) is 5.70. The summed E-state index contributed by atoms with van der Waals surface area (Å²) >= 11 is 5.20. The quantitative estimate of drug-likeness (QED) is 0.887. The monoisotopic (exact) mass is 352 g/mol. The number of thiazole rings is 1. The highest BCUT2D eigenvalue weighted by molar-refractivity contribution is 9.10. The highest BCUT2D eigenvalue weighted by atomic mass is 79.9. The summed E-state index contributed by atoms with van der Waals surface area (Å²) in [7, 11) is 0. The average Bonchev–Trinajstić information content (AvgIpc) is 3.11. The van der Waals surface area contributed by atoms with Crippen LogP contribution in [0.4, 0.5) is 0 Å². The van der Waals surface area contributed by atoms with Crippen molar-refractivity contribution in [1.82, 2.24) is 10.3 Å². The molecule has 3 rings (SSSR count). The summed E-state index contributed by atoms with van der Waals surface area (Å²) in [5.41, 5.74) is 1.22. The van der Waals surface area contributed by atoms with Crippen molar-refractivity contribution in [2.24, 2.45) is 0 Å². The van der Waals surface area contributed by atoms with Gasteiger partial charge < -0.3 is 10.1 Å². The number of rotatable bonds is 5. The zero-order valence-electron chi connectivity index (χ0n) is 11.1. The van der Waals surface area contributed by atoms with Crippen LogP contribution < -0.4 is 5.32 Å². The molecule has 0 saturated carbocycles. The predicted octanol–water partition coefficient (Wildman–Crippen LogP) is 3.84. The van der Waals surface area contributed by atoms with E-state index in [4.69, 9.17) is 4.74 Å². The zero-order valence-corrected chi connectivity index (χ0v) is 13.5. The van der Waals surface area contributed by atoms with E-state index < -0.39 is 0 Å². The molecule has 0 bridgehead atoms. The molecule has 0 radical (unpaired) electrons. The second kappa shape index (κ2) is 6.80. The number of nitrogens with zero attached hydrogens (tertiary/aromatic N) is 1. The summed E-state index contributed by atoms with van der Waals surface area (Å²) in [6.07, 6.45) is 4.71. The molecule has 1 aromatic heterocycles. The standard InChI is InChI=1S/C15H17BrN2OS/c16-12-5-3-11(4-6-12)14-9-18-15(20-14)10-17-8-13-2-1-7-19-13/h3-6,9,13,17H,1-2,7-8,10H2. The lowest BCUT2D eigenvalue weighted by Gasteiger charge is -2.09. The van der Waals surface area contributed by atoms with Crippen LogP contribution >= 0.6 is 27.3 Å². The summed E-state index contributed by atoms with van der Waals surface area (Å²) in [6, 6.07) is 8.34. The van der Waals surface area contributed by atoms with E-state index in [2.05, 4.69) is 50.5 Å². The molecule has 1 saturated heterocycles. The van der Waals surface area contributed by atoms with Crippen molar-refractivity contribution >= 4 is 27.3 Å². The van der Waals surface area contributed by atoms with Crippen LogP contribution in [0.5, 0.6) is 0 Å². The second-order valence-electron chi connectivity index (χ2n) is 4.89. The van der Waals surface area contributed by atoms with E-state index >= 15 is 0 Å². The Bertz CT molecular complexity index is 549. The molecule has 1 aromatic carbocycles. The van der Waals surface area contributed by atoms with Gasteiger partial charge in [0.1, 0.15) is 5.01 Å². The molecule has 1 fully saturated rings. The Kier molecular flexibility index (Phi) is 4.83. The number of ether oxygens (including phenoxy) is 1. The maximum Gasteiger partial charge on any atom is 0.107 e. The van der Waals surface area contributed by atoms with Gasteiger partial charge in [0.15, 0.2) is 0 Å². The highest BCUT2D eigenvalue weighted by Gasteiger charge is 2.14. The molecule has 1 unspecified atom stereocenters. The molecule has 1 N–H and O–H groups in total. The van der Waals surface area contributed by atoms with E-state index in [1.165, 1.54) is 23.3 Å². The number of halogens is 1. The molecular formula is C15H17BrN2OS. The molecule has 20 heavy (non-hydrogen) atoms. The first-order valence-corrected chi connectivity index (χ1v) is 8.45. The SMILES string of the molecule is Brc1ccc(-c2cnc(CNCC3CCCO3)s2)cc1. The summed E-state index contributed by atoms with van der Waals surface area (Å²) in [6.45, 7) is 2.66. The van der Waals surface area contributed by atoms with Crippen LogP contribution in [0, 0.1) is 0 Å². The maximum atomic E-state index is 5.59. The van der Waals surface area contributed by atoms with Crippen molar-refractivity contribution in [3.05, 3.63) is 39.9 Å². The molecular weight excluding hydrogens is 336 g/mol. The normalized spacial score (nSPS) is 18.6. The van der Waals surface area contributed by atoms with E-state index in [0.29, 0.717) is 6.10 Å². The third-order valence-corrected chi connectivity index (χ3v) is 4.93. The van der Waals surface area contributed by atoms with Crippen LogP contribution in [-0.4, -0.2) is 24.2 Å². The van der Waals surface area contributed by atoms with Gasteiger partial charge in [-0.2, -0.15) is 0 Å². The first-order chi connectivity index (χ1) is 9.81. The van der Waals surface area contributed by atoms with Gasteiger partial charge >= 0.3 is 0 Å². The third kappa shape index (κ3) is 3.67. The average molecular weight is 353 g/mol. The van der Waals surface area contributed by atoms with Crippen molar-refractivity contribution < 1.29 is 4.74 Å². The molecule has 1 atom stereocenters. The number of hydrogen-bond acceptors (Lipinski definition) is 4. The second-order valence-corrected chi connectivity index (χ2v) is 6.92. The number of benzene rings is 1. The molecule has 0 amide bonds. The fraction of sp³-hybridized carbons (Fsp3) is 0.400. The molecule has 1 aliphatic rings. The van der Waals surface area contributed by atoms with E-state index in [-0.39, 0.29) is 0 Å². The Morgan fingerprint density at radius 1 is 1.35 bits per heavy atom. The van der Waals surface area contributed by atoms with Crippen molar-refractivity contribution in [3.63, 3.8) is 0 Å². The van der Waals surface area contributed by atoms with E-state index in [1.807, 2.05) is 6.20 Å².